The Balaban J connectivity index is 2.74. The van der Waals surface area contributed by atoms with E-state index in [2.05, 4.69) is 9.98 Å². The lowest BCUT2D eigenvalue weighted by atomic mass is 10.2. The van der Waals surface area contributed by atoms with Gasteiger partial charge in [0.15, 0.2) is 9.98 Å². The average molecular weight is 248 g/mol. The van der Waals surface area contributed by atoms with Crippen LogP contribution in [0.3, 0.4) is 0 Å². The number of hydrogen-bond donors (Lipinski definition) is 0. The van der Waals surface area contributed by atoms with Gasteiger partial charge in [-0.3, -0.25) is 0 Å². The number of aliphatic imine (C=N–C) groups is 2. The van der Waals surface area contributed by atoms with Crippen molar-refractivity contribution in [2.45, 2.75) is 13.8 Å². The van der Waals surface area contributed by atoms with Crippen LogP contribution in [0, 0.1) is 6.92 Å². The molecule has 0 N–H and O–H groups in total. The Bertz CT molecular complexity index is 462. The molecule has 0 amide bonds. The Morgan fingerprint density at radius 3 is 2.50 bits per heavy atom. The van der Waals surface area contributed by atoms with Gasteiger partial charge in [0.05, 0.1) is 0 Å². The number of nitrogens with zero attached hydrogens (tertiary/aromatic N) is 2. The molecule has 1 aromatic rings. The van der Waals surface area contributed by atoms with E-state index >= 15 is 0 Å². The average Bonchev–Trinajstić information content (AvgIpc) is 2.26. The summed E-state index contributed by atoms with van der Waals surface area (Å²) in [5.41, 5.74) is 2.19. The van der Waals surface area contributed by atoms with Crippen molar-refractivity contribution in [3.63, 3.8) is 0 Å². The fourth-order valence-corrected chi connectivity index (χ4v) is 1.37. The Kier molecular flexibility index (Phi) is 5.08. The summed E-state index contributed by atoms with van der Waals surface area (Å²) < 4.78 is 0. The molecule has 0 aromatic heterocycles. The zero-order chi connectivity index (χ0) is 12.0. The van der Waals surface area contributed by atoms with E-state index in [9.17, 15) is 0 Å². The van der Waals surface area contributed by atoms with E-state index in [0.29, 0.717) is 9.98 Å². The van der Waals surface area contributed by atoms with E-state index in [0.717, 1.165) is 5.56 Å². The number of thiocarbonyl (C=S) groups is 2. The predicted molar refractivity (Wildman–Crippen MR) is 78.1 cm³/mol. The van der Waals surface area contributed by atoms with Crippen molar-refractivity contribution >= 4 is 46.8 Å². The van der Waals surface area contributed by atoms with Gasteiger partial charge >= 0.3 is 0 Å². The van der Waals surface area contributed by atoms with E-state index in [-0.39, 0.29) is 0 Å². The van der Waals surface area contributed by atoms with Crippen LogP contribution in [0.2, 0.25) is 0 Å². The molecule has 2 nitrogen and oxygen atoms in total. The lowest BCUT2D eigenvalue weighted by Crippen LogP contribution is -2.03. The first kappa shape index (κ1) is 12.8. The lowest BCUT2D eigenvalue weighted by Gasteiger charge is -1.96. The highest BCUT2D eigenvalue weighted by Crippen LogP contribution is 2.01. The highest BCUT2D eigenvalue weighted by molar-refractivity contribution is 7.89. The third-order valence-corrected chi connectivity index (χ3v) is 2.53. The molecule has 0 fully saturated rings. The Morgan fingerprint density at radius 1 is 1.19 bits per heavy atom. The quantitative estimate of drug-likeness (QED) is 0.563. The minimum atomic E-state index is 0.342. The maximum absolute atomic E-state index is 5.02. The van der Waals surface area contributed by atoms with Gasteiger partial charge in [0.2, 0.25) is 0 Å². The number of benzene rings is 1. The van der Waals surface area contributed by atoms with Crippen LogP contribution in [0.15, 0.2) is 34.3 Å². The van der Waals surface area contributed by atoms with Crippen LogP contribution in [-0.4, -0.2) is 22.4 Å². The zero-order valence-corrected chi connectivity index (χ0v) is 10.8. The summed E-state index contributed by atoms with van der Waals surface area (Å²) in [7, 11) is 0. The van der Waals surface area contributed by atoms with Crippen molar-refractivity contribution in [3.05, 3.63) is 35.4 Å². The number of rotatable bonds is 1. The van der Waals surface area contributed by atoms with Crippen LogP contribution in [0.5, 0.6) is 0 Å². The number of aryl methyl sites for hydroxylation is 1. The molecule has 1 rings (SSSR count). The van der Waals surface area contributed by atoms with Crippen LogP contribution in [0.1, 0.15) is 18.1 Å². The fraction of sp³-hybridized carbons (Fsp3) is 0.167. The predicted octanol–water partition coefficient (Wildman–Crippen LogP) is 3.16. The molecule has 16 heavy (non-hydrogen) atoms. The second kappa shape index (κ2) is 6.35. The van der Waals surface area contributed by atoms with Crippen molar-refractivity contribution < 1.29 is 0 Å². The molecule has 0 atom stereocenters. The monoisotopic (exact) mass is 248 g/mol. The molecule has 0 saturated heterocycles. The maximum Gasteiger partial charge on any atom is 0.162 e. The summed E-state index contributed by atoms with van der Waals surface area (Å²) in [5, 5.41) is 0. The van der Waals surface area contributed by atoms with E-state index in [1.807, 2.05) is 31.2 Å². The molecule has 82 valence electrons. The first-order chi connectivity index (χ1) is 7.63. The fourth-order valence-electron chi connectivity index (χ4n) is 1.11. The molecule has 0 aliphatic carbocycles. The van der Waals surface area contributed by atoms with Gasteiger partial charge in [-0.2, -0.15) is 0 Å². The summed E-state index contributed by atoms with van der Waals surface area (Å²) >= 11 is 9.99. The third kappa shape index (κ3) is 4.08. The van der Waals surface area contributed by atoms with Gasteiger partial charge in [-0.15, -0.1) is 0 Å². The first-order valence-corrected chi connectivity index (χ1v) is 5.63. The molecule has 4 heteroatoms. The Morgan fingerprint density at radius 2 is 1.88 bits per heavy atom. The van der Waals surface area contributed by atoms with Crippen LogP contribution >= 0.6 is 24.4 Å². The molecular weight excluding hydrogens is 236 g/mol. The molecule has 0 unspecified atom stereocenters. The smallest absolute Gasteiger partial charge is 0.162 e. The highest BCUT2D eigenvalue weighted by atomic mass is 32.1. The molecule has 0 aliphatic rings. The summed E-state index contributed by atoms with van der Waals surface area (Å²) in [4.78, 5) is 8.70. The molecule has 0 heterocycles. The first-order valence-electron chi connectivity index (χ1n) is 4.81. The minimum Gasteiger partial charge on any atom is -0.247 e. The third-order valence-electron chi connectivity index (χ3n) is 1.80. The van der Waals surface area contributed by atoms with Gasteiger partial charge in [0.1, 0.15) is 0 Å². The van der Waals surface area contributed by atoms with Crippen LogP contribution in [0.25, 0.3) is 0 Å². The summed E-state index contributed by atoms with van der Waals surface area (Å²) in [6, 6.07) is 7.99. The van der Waals surface area contributed by atoms with Crippen LogP contribution in [0.4, 0.5) is 0 Å². The van der Waals surface area contributed by atoms with Gasteiger partial charge in [-0.05, 0) is 19.4 Å². The topological polar surface area (TPSA) is 24.7 Å². The van der Waals surface area contributed by atoms with Crippen molar-refractivity contribution in [2.75, 3.05) is 0 Å². The maximum atomic E-state index is 5.02. The van der Waals surface area contributed by atoms with Gasteiger partial charge in [-0.25, -0.2) is 9.98 Å². The van der Waals surface area contributed by atoms with E-state index in [1.165, 1.54) is 5.56 Å². The van der Waals surface area contributed by atoms with Gasteiger partial charge in [0, 0.05) is 12.4 Å². The second-order valence-electron chi connectivity index (χ2n) is 3.17. The Labute approximate surface area is 106 Å². The second-order valence-corrected chi connectivity index (χ2v) is 3.94. The minimum absolute atomic E-state index is 0.342. The van der Waals surface area contributed by atoms with Crippen molar-refractivity contribution in [2.24, 2.45) is 9.98 Å². The van der Waals surface area contributed by atoms with Gasteiger partial charge in [-0.1, -0.05) is 54.3 Å². The lowest BCUT2D eigenvalue weighted by molar-refractivity contribution is 1.46. The Hall–Kier alpha value is -1.26. The zero-order valence-electron chi connectivity index (χ0n) is 9.18. The SMILES string of the molecule is CC=NC(=S)C(=S)N=Cc1cccc(C)c1. The van der Waals surface area contributed by atoms with Gasteiger partial charge < -0.3 is 0 Å². The van der Waals surface area contributed by atoms with Crippen molar-refractivity contribution in [3.8, 4) is 0 Å². The van der Waals surface area contributed by atoms with Crippen LogP contribution in [-0.2, 0) is 0 Å². The van der Waals surface area contributed by atoms with Gasteiger partial charge in [0.25, 0.3) is 0 Å². The van der Waals surface area contributed by atoms with E-state index in [4.69, 9.17) is 24.4 Å². The largest absolute Gasteiger partial charge is 0.247 e. The molecule has 0 aliphatic heterocycles. The summed E-state index contributed by atoms with van der Waals surface area (Å²) in [6.45, 7) is 3.82. The van der Waals surface area contributed by atoms with Crippen molar-refractivity contribution in [1.29, 1.82) is 0 Å². The molecular formula is C12H12N2S2. The summed E-state index contributed by atoms with van der Waals surface area (Å²) in [6.07, 6.45) is 3.31. The molecule has 1 aromatic carbocycles. The van der Waals surface area contributed by atoms with Crippen molar-refractivity contribution in [1.82, 2.24) is 0 Å². The van der Waals surface area contributed by atoms with E-state index in [1.54, 1.807) is 19.4 Å². The molecule has 0 spiro atoms. The standard InChI is InChI=1S/C12H12N2S2/c1-3-13-11(15)12(16)14-8-10-6-4-5-9(2)7-10/h3-8H,1-2H3. The van der Waals surface area contributed by atoms with E-state index < -0.39 is 0 Å². The normalized spacial score (nSPS) is 11.1. The molecule has 0 saturated carbocycles. The van der Waals surface area contributed by atoms with Crippen LogP contribution < -0.4 is 0 Å². The number of hydrogen-bond acceptors (Lipinski definition) is 2. The molecule has 0 bridgehead atoms. The highest BCUT2D eigenvalue weighted by Gasteiger charge is 1.98. The molecule has 0 radical (unpaired) electrons. The summed E-state index contributed by atoms with van der Waals surface area (Å²) in [5.74, 6) is 0.